The Morgan fingerprint density at radius 1 is 1.03 bits per heavy atom. The molecule has 1 amide bonds. The van der Waals surface area contributed by atoms with E-state index in [-0.39, 0.29) is 28.0 Å². The Bertz CT molecular complexity index is 1510. The Morgan fingerprint density at radius 2 is 1.77 bits per heavy atom. The van der Waals surface area contributed by atoms with Crippen molar-refractivity contribution in [1.82, 2.24) is 0 Å². The number of hydrogen-bond acceptors (Lipinski definition) is 4. The minimum atomic E-state index is -4.60. The fourth-order valence-electron chi connectivity index (χ4n) is 4.27. The Kier molecular flexibility index (Phi) is 5.67. The van der Waals surface area contributed by atoms with Gasteiger partial charge in [0, 0.05) is 10.2 Å². The van der Waals surface area contributed by atoms with Crippen molar-refractivity contribution in [2.24, 2.45) is 0 Å². The summed E-state index contributed by atoms with van der Waals surface area (Å²) in [5.41, 5.74) is -0.523. The summed E-state index contributed by atoms with van der Waals surface area (Å²) in [5.74, 6) is -0.304. The van der Waals surface area contributed by atoms with Crippen LogP contribution in [-0.2, 0) is 6.18 Å². The number of ether oxygens (including phenoxy) is 1. The van der Waals surface area contributed by atoms with Gasteiger partial charge in [-0.05, 0) is 61.0 Å². The van der Waals surface area contributed by atoms with Crippen molar-refractivity contribution in [2.45, 2.75) is 19.1 Å². The highest BCUT2D eigenvalue weighted by atomic mass is 79.9. The zero-order chi connectivity index (χ0) is 24.9. The summed E-state index contributed by atoms with van der Waals surface area (Å²) in [6.45, 7) is 2.29. The molecule has 0 fully saturated rings. The third-order valence-corrected chi connectivity index (χ3v) is 6.28. The van der Waals surface area contributed by atoms with E-state index >= 15 is 0 Å². The van der Waals surface area contributed by atoms with Crippen LogP contribution in [0.25, 0.3) is 11.0 Å². The third-order valence-electron chi connectivity index (χ3n) is 5.79. The number of alkyl halides is 3. The van der Waals surface area contributed by atoms with E-state index in [2.05, 4.69) is 15.9 Å². The van der Waals surface area contributed by atoms with Crippen LogP contribution in [0.1, 0.15) is 40.2 Å². The number of halogens is 4. The van der Waals surface area contributed by atoms with Crippen LogP contribution in [0.2, 0.25) is 0 Å². The summed E-state index contributed by atoms with van der Waals surface area (Å²) in [4.78, 5) is 28.3. The molecule has 4 aromatic rings. The van der Waals surface area contributed by atoms with Crippen LogP contribution < -0.4 is 15.1 Å². The molecule has 3 aromatic carbocycles. The molecule has 2 heterocycles. The molecule has 1 aliphatic rings. The Hall–Kier alpha value is -3.59. The molecular formula is C26H17BrF3NO4. The average Bonchev–Trinajstić information content (AvgIpc) is 3.12. The highest BCUT2D eigenvalue weighted by molar-refractivity contribution is 9.10. The molecule has 178 valence electrons. The largest absolute Gasteiger partial charge is 0.494 e. The standard InChI is InChI=1S/C26H17BrF3NO4/c1-2-34-18-9-6-14(7-10-18)22-21-23(32)19-13-16(27)8-11-20(19)35-24(21)25(33)31(22)17-5-3-4-15(12-17)26(28,29)30/h3-13,22H,2H2,1H3. The molecule has 1 aromatic heterocycles. The molecule has 0 saturated heterocycles. The molecule has 0 radical (unpaired) electrons. The number of benzene rings is 3. The van der Waals surface area contributed by atoms with Crippen molar-refractivity contribution in [1.29, 1.82) is 0 Å². The maximum absolute atomic E-state index is 13.6. The van der Waals surface area contributed by atoms with E-state index in [9.17, 15) is 22.8 Å². The first-order valence-corrected chi connectivity index (χ1v) is 11.5. The van der Waals surface area contributed by atoms with E-state index in [1.54, 1.807) is 42.5 Å². The lowest BCUT2D eigenvalue weighted by atomic mass is 9.98. The van der Waals surface area contributed by atoms with Gasteiger partial charge in [-0.1, -0.05) is 34.1 Å². The summed E-state index contributed by atoms with van der Waals surface area (Å²) < 4.78 is 52.3. The molecule has 35 heavy (non-hydrogen) atoms. The number of carbonyl (C=O) groups is 1. The fraction of sp³-hybridized carbons (Fsp3) is 0.154. The van der Waals surface area contributed by atoms with Crippen LogP contribution >= 0.6 is 15.9 Å². The van der Waals surface area contributed by atoms with Gasteiger partial charge in [-0.25, -0.2) is 0 Å². The highest BCUT2D eigenvalue weighted by Crippen LogP contribution is 2.43. The number of hydrogen-bond donors (Lipinski definition) is 0. The Balaban J connectivity index is 1.76. The van der Waals surface area contributed by atoms with Crippen LogP contribution in [0.15, 0.2) is 80.4 Å². The quantitative estimate of drug-likeness (QED) is 0.286. The second-order valence-electron chi connectivity index (χ2n) is 7.94. The molecule has 0 saturated carbocycles. The van der Waals surface area contributed by atoms with E-state index in [0.29, 0.717) is 22.4 Å². The smallest absolute Gasteiger partial charge is 0.416 e. The summed E-state index contributed by atoms with van der Waals surface area (Å²) in [6.07, 6.45) is -4.60. The molecule has 0 aliphatic carbocycles. The molecule has 1 atom stereocenters. The Morgan fingerprint density at radius 3 is 2.46 bits per heavy atom. The van der Waals surface area contributed by atoms with E-state index < -0.39 is 29.1 Å². The maximum atomic E-state index is 13.6. The predicted molar refractivity (Wildman–Crippen MR) is 128 cm³/mol. The minimum Gasteiger partial charge on any atom is -0.494 e. The molecule has 9 heteroatoms. The number of anilines is 1. The van der Waals surface area contributed by atoms with E-state index in [1.165, 1.54) is 17.0 Å². The zero-order valence-electron chi connectivity index (χ0n) is 18.2. The van der Waals surface area contributed by atoms with Crippen molar-refractivity contribution in [3.05, 3.63) is 104 Å². The summed E-state index contributed by atoms with van der Waals surface area (Å²) in [6, 6.07) is 15.0. The molecule has 5 rings (SSSR count). The monoisotopic (exact) mass is 543 g/mol. The number of amides is 1. The van der Waals surface area contributed by atoms with Crippen LogP contribution in [0.5, 0.6) is 5.75 Å². The number of fused-ring (bicyclic) bond motifs is 2. The lowest BCUT2D eigenvalue weighted by molar-refractivity contribution is -0.137. The normalized spacial score (nSPS) is 15.5. The summed E-state index contributed by atoms with van der Waals surface area (Å²) in [5, 5.41) is 0.257. The highest BCUT2D eigenvalue weighted by Gasteiger charge is 2.44. The van der Waals surface area contributed by atoms with Gasteiger partial charge in [0.05, 0.1) is 29.2 Å². The van der Waals surface area contributed by atoms with Gasteiger partial charge in [-0.15, -0.1) is 0 Å². The number of carbonyl (C=O) groups excluding carboxylic acids is 1. The van der Waals surface area contributed by atoms with E-state index in [4.69, 9.17) is 9.15 Å². The van der Waals surface area contributed by atoms with Gasteiger partial charge in [0.15, 0.2) is 5.43 Å². The van der Waals surface area contributed by atoms with E-state index in [0.717, 1.165) is 12.1 Å². The Labute approximate surface area is 205 Å². The molecule has 0 N–H and O–H groups in total. The van der Waals surface area contributed by atoms with Gasteiger partial charge >= 0.3 is 6.18 Å². The predicted octanol–water partition coefficient (Wildman–Crippen LogP) is 6.72. The first-order valence-electron chi connectivity index (χ1n) is 10.7. The van der Waals surface area contributed by atoms with Gasteiger partial charge in [0.1, 0.15) is 11.3 Å². The van der Waals surface area contributed by atoms with Crippen LogP contribution in [0.4, 0.5) is 18.9 Å². The van der Waals surface area contributed by atoms with Gasteiger partial charge in [-0.3, -0.25) is 14.5 Å². The average molecular weight is 544 g/mol. The number of nitrogens with zero attached hydrogens (tertiary/aromatic N) is 1. The van der Waals surface area contributed by atoms with Crippen molar-refractivity contribution in [3.8, 4) is 5.75 Å². The topological polar surface area (TPSA) is 59.8 Å². The molecule has 5 nitrogen and oxygen atoms in total. The molecular weight excluding hydrogens is 527 g/mol. The summed E-state index contributed by atoms with van der Waals surface area (Å²) in [7, 11) is 0. The van der Waals surface area contributed by atoms with Gasteiger partial charge in [0.25, 0.3) is 5.91 Å². The van der Waals surface area contributed by atoms with Gasteiger partial charge in [-0.2, -0.15) is 13.2 Å². The first kappa shape index (κ1) is 23.2. The molecule has 1 unspecified atom stereocenters. The van der Waals surface area contributed by atoms with Crippen molar-refractivity contribution >= 4 is 38.5 Å². The summed E-state index contributed by atoms with van der Waals surface area (Å²) >= 11 is 3.34. The van der Waals surface area contributed by atoms with E-state index in [1.807, 2.05) is 6.92 Å². The molecule has 0 spiro atoms. The molecule has 0 bridgehead atoms. The fourth-order valence-corrected chi connectivity index (χ4v) is 4.63. The van der Waals surface area contributed by atoms with Crippen molar-refractivity contribution < 1.29 is 27.1 Å². The molecule has 1 aliphatic heterocycles. The van der Waals surface area contributed by atoms with Crippen molar-refractivity contribution in [3.63, 3.8) is 0 Å². The number of rotatable bonds is 4. The van der Waals surface area contributed by atoms with Crippen LogP contribution in [0, 0.1) is 0 Å². The first-order chi connectivity index (χ1) is 16.7. The maximum Gasteiger partial charge on any atom is 0.416 e. The second-order valence-corrected chi connectivity index (χ2v) is 8.86. The third kappa shape index (κ3) is 3.99. The lowest BCUT2D eigenvalue weighted by Crippen LogP contribution is -2.29. The SMILES string of the molecule is CCOc1ccc(C2c3c(oc4ccc(Br)cc4c3=O)C(=O)N2c2cccc(C(F)(F)F)c2)cc1. The lowest BCUT2D eigenvalue weighted by Gasteiger charge is -2.26. The van der Waals surface area contributed by atoms with Crippen LogP contribution in [0.3, 0.4) is 0 Å². The van der Waals surface area contributed by atoms with Gasteiger partial charge in [0.2, 0.25) is 5.76 Å². The van der Waals surface area contributed by atoms with Crippen LogP contribution in [-0.4, -0.2) is 12.5 Å². The second kappa shape index (κ2) is 8.57. The van der Waals surface area contributed by atoms with Crippen molar-refractivity contribution in [2.75, 3.05) is 11.5 Å². The zero-order valence-corrected chi connectivity index (χ0v) is 19.8. The minimum absolute atomic E-state index is 0.000235. The van der Waals surface area contributed by atoms with Gasteiger partial charge < -0.3 is 9.15 Å².